The molecule has 1 amide bonds. The summed E-state index contributed by atoms with van der Waals surface area (Å²) in [6.07, 6.45) is 8.93. The van der Waals surface area contributed by atoms with Crippen LogP contribution < -0.4 is 0 Å². The molecule has 0 unspecified atom stereocenters. The highest BCUT2D eigenvalue weighted by Crippen LogP contribution is 2.37. The van der Waals surface area contributed by atoms with Crippen LogP contribution >= 0.6 is 0 Å². The molecule has 122 valence electrons. The fraction of sp³-hybridized carbons (Fsp3) is 0.812. The molecule has 0 spiro atoms. The van der Waals surface area contributed by atoms with Gasteiger partial charge in [-0.15, -0.1) is 12.3 Å². The minimum Gasteiger partial charge on any atom is -0.383 e. The summed E-state index contributed by atoms with van der Waals surface area (Å²) in [7, 11) is 1.72. The summed E-state index contributed by atoms with van der Waals surface area (Å²) in [5, 5.41) is 8.18. The maximum Gasteiger partial charge on any atom is 0.222 e. The first-order chi connectivity index (χ1) is 10.7. The average Bonchev–Trinajstić information content (AvgIpc) is 3.33. The van der Waals surface area contributed by atoms with Gasteiger partial charge in [0.2, 0.25) is 5.91 Å². The molecule has 1 fully saturated rings. The van der Waals surface area contributed by atoms with E-state index in [1.807, 2.05) is 4.90 Å². The Morgan fingerprint density at radius 3 is 2.77 bits per heavy atom. The molecule has 0 aromatic rings. The molecular formula is C16H26N4O2. The van der Waals surface area contributed by atoms with E-state index in [2.05, 4.69) is 21.0 Å². The standard InChI is InChI=1S/C16H26N4O2/c1-3-4-7-16(17-18-16)8-6-15(21)20-10-5-9-19(11-12-20)13-14-22-2/h1H,4-14H2,2H3. The zero-order valence-electron chi connectivity index (χ0n) is 13.5. The van der Waals surface area contributed by atoms with Gasteiger partial charge in [-0.2, -0.15) is 10.2 Å². The molecule has 0 bridgehead atoms. The second-order valence-electron chi connectivity index (χ2n) is 5.96. The van der Waals surface area contributed by atoms with E-state index in [1.165, 1.54) is 0 Å². The number of ether oxygens (including phenoxy) is 1. The molecule has 0 radical (unpaired) electrons. The van der Waals surface area contributed by atoms with Gasteiger partial charge < -0.3 is 9.64 Å². The first-order valence-electron chi connectivity index (χ1n) is 8.06. The molecule has 2 heterocycles. The third-order valence-electron chi connectivity index (χ3n) is 4.34. The van der Waals surface area contributed by atoms with E-state index in [0.717, 1.165) is 52.2 Å². The Balaban J connectivity index is 1.70. The van der Waals surface area contributed by atoms with Gasteiger partial charge in [-0.05, 0) is 13.0 Å². The maximum absolute atomic E-state index is 12.4. The van der Waals surface area contributed by atoms with Crippen LogP contribution in [0.3, 0.4) is 0 Å². The number of methoxy groups -OCH3 is 1. The summed E-state index contributed by atoms with van der Waals surface area (Å²) in [6.45, 7) is 5.28. The molecule has 2 rings (SSSR count). The van der Waals surface area contributed by atoms with E-state index in [-0.39, 0.29) is 11.6 Å². The van der Waals surface area contributed by atoms with Gasteiger partial charge in [0.15, 0.2) is 5.66 Å². The summed E-state index contributed by atoms with van der Waals surface area (Å²) in [6, 6.07) is 0. The number of amides is 1. The molecule has 0 aliphatic carbocycles. The largest absolute Gasteiger partial charge is 0.383 e. The molecule has 0 atom stereocenters. The normalized spacial score (nSPS) is 20.5. The molecule has 0 aromatic carbocycles. The van der Waals surface area contributed by atoms with Crippen LogP contribution in [0.2, 0.25) is 0 Å². The molecular weight excluding hydrogens is 280 g/mol. The van der Waals surface area contributed by atoms with Crippen LogP contribution in [-0.2, 0) is 9.53 Å². The van der Waals surface area contributed by atoms with Crippen molar-refractivity contribution >= 4 is 5.91 Å². The predicted octanol–water partition coefficient (Wildman–Crippen LogP) is 1.52. The van der Waals surface area contributed by atoms with Gasteiger partial charge in [0.1, 0.15) is 0 Å². The van der Waals surface area contributed by atoms with Crippen LogP contribution in [0.1, 0.15) is 32.1 Å². The molecule has 0 aromatic heterocycles. The van der Waals surface area contributed by atoms with Crippen molar-refractivity contribution in [3.05, 3.63) is 0 Å². The minimum absolute atomic E-state index is 0.214. The zero-order valence-corrected chi connectivity index (χ0v) is 13.5. The van der Waals surface area contributed by atoms with Gasteiger partial charge in [0, 0.05) is 59.0 Å². The van der Waals surface area contributed by atoms with Crippen molar-refractivity contribution in [1.82, 2.24) is 9.80 Å². The van der Waals surface area contributed by atoms with E-state index < -0.39 is 0 Å². The fourth-order valence-electron chi connectivity index (χ4n) is 2.80. The first-order valence-corrected chi connectivity index (χ1v) is 8.06. The maximum atomic E-state index is 12.4. The van der Waals surface area contributed by atoms with Crippen molar-refractivity contribution < 1.29 is 9.53 Å². The monoisotopic (exact) mass is 306 g/mol. The Kier molecular flexibility index (Phi) is 6.34. The van der Waals surface area contributed by atoms with Gasteiger partial charge in [0.25, 0.3) is 0 Å². The van der Waals surface area contributed by atoms with Gasteiger partial charge in [0.05, 0.1) is 6.61 Å². The van der Waals surface area contributed by atoms with Crippen molar-refractivity contribution in [3.8, 4) is 12.3 Å². The molecule has 0 saturated carbocycles. The third kappa shape index (κ3) is 5.08. The van der Waals surface area contributed by atoms with E-state index >= 15 is 0 Å². The molecule has 6 nitrogen and oxygen atoms in total. The lowest BCUT2D eigenvalue weighted by atomic mass is 10.0. The quantitative estimate of drug-likeness (QED) is 0.639. The van der Waals surface area contributed by atoms with Crippen molar-refractivity contribution in [3.63, 3.8) is 0 Å². The number of carbonyl (C=O) groups excluding carboxylic acids is 1. The number of hydrogen-bond donors (Lipinski definition) is 0. The smallest absolute Gasteiger partial charge is 0.222 e. The van der Waals surface area contributed by atoms with Gasteiger partial charge in [-0.1, -0.05) is 0 Å². The van der Waals surface area contributed by atoms with Crippen LogP contribution in [0.15, 0.2) is 10.2 Å². The van der Waals surface area contributed by atoms with Crippen molar-refractivity contribution in [2.24, 2.45) is 10.2 Å². The summed E-state index contributed by atoms with van der Waals surface area (Å²) in [5.41, 5.74) is -0.349. The zero-order chi connectivity index (χ0) is 15.8. The molecule has 2 aliphatic rings. The van der Waals surface area contributed by atoms with Gasteiger partial charge >= 0.3 is 0 Å². The van der Waals surface area contributed by atoms with E-state index in [9.17, 15) is 4.79 Å². The lowest BCUT2D eigenvalue weighted by Gasteiger charge is -2.22. The van der Waals surface area contributed by atoms with Crippen LogP contribution in [0.5, 0.6) is 0 Å². The van der Waals surface area contributed by atoms with Crippen LogP contribution in [0, 0.1) is 12.3 Å². The topological polar surface area (TPSA) is 57.5 Å². The van der Waals surface area contributed by atoms with Gasteiger partial charge in [-0.25, -0.2) is 0 Å². The summed E-state index contributed by atoms with van der Waals surface area (Å²) < 4.78 is 5.12. The van der Waals surface area contributed by atoms with Crippen LogP contribution in [-0.4, -0.2) is 67.8 Å². The summed E-state index contributed by atoms with van der Waals surface area (Å²) in [5.74, 6) is 2.83. The van der Waals surface area contributed by atoms with Crippen molar-refractivity contribution in [2.75, 3.05) is 46.4 Å². The van der Waals surface area contributed by atoms with Crippen LogP contribution in [0.4, 0.5) is 0 Å². The fourth-order valence-corrected chi connectivity index (χ4v) is 2.80. The summed E-state index contributed by atoms with van der Waals surface area (Å²) in [4.78, 5) is 16.7. The first kappa shape index (κ1) is 16.9. The highest BCUT2D eigenvalue weighted by molar-refractivity contribution is 5.76. The second kappa shape index (κ2) is 8.25. The Hall–Kier alpha value is -1.45. The second-order valence-corrected chi connectivity index (χ2v) is 5.96. The molecule has 0 N–H and O–H groups in total. The Bertz CT molecular complexity index is 438. The van der Waals surface area contributed by atoms with E-state index in [4.69, 9.17) is 11.2 Å². The highest BCUT2D eigenvalue weighted by Gasteiger charge is 2.39. The molecule has 6 heteroatoms. The number of terminal acetylenes is 1. The van der Waals surface area contributed by atoms with Crippen LogP contribution in [0.25, 0.3) is 0 Å². The SMILES string of the molecule is C#CCCC1(CCC(=O)N2CCCN(CCOC)CC2)N=N1. The predicted molar refractivity (Wildman–Crippen MR) is 84.4 cm³/mol. The van der Waals surface area contributed by atoms with E-state index in [0.29, 0.717) is 19.3 Å². The minimum atomic E-state index is -0.349. The Morgan fingerprint density at radius 1 is 1.27 bits per heavy atom. The Labute approximate surface area is 132 Å². The van der Waals surface area contributed by atoms with E-state index in [1.54, 1.807) is 7.11 Å². The Morgan fingerprint density at radius 2 is 2.09 bits per heavy atom. The highest BCUT2D eigenvalue weighted by atomic mass is 16.5. The molecule has 2 aliphatic heterocycles. The lowest BCUT2D eigenvalue weighted by Crippen LogP contribution is -2.36. The number of carbonyl (C=O) groups is 1. The third-order valence-corrected chi connectivity index (χ3v) is 4.34. The molecule has 1 saturated heterocycles. The number of rotatable bonds is 8. The van der Waals surface area contributed by atoms with Crippen molar-refractivity contribution in [2.45, 2.75) is 37.8 Å². The average molecular weight is 306 g/mol. The summed E-state index contributed by atoms with van der Waals surface area (Å²) >= 11 is 0. The number of hydrogen-bond acceptors (Lipinski definition) is 5. The molecule has 22 heavy (non-hydrogen) atoms. The van der Waals surface area contributed by atoms with Crippen molar-refractivity contribution in [1.29, 1.82) is 0 Å². The van der Waals surface area contributed by atoms with Gasteiger partial charge in [-0.3, -0.25) is 9.69 Å². The lowest BCUT2D eigenvalue weighted by molar-refractivity contribution is -0.131. The number of nitrogens with zero attached hydrogens (tertiary/aromatic N) is 4.